The Bertz CT molecular complexity index is 644. The largest absolute Gasteiger partial charge is 0.489 e. The van der Waals surface area contributed by atoms with Crippen LogP contribution in [-0.4, -0.2) is 0 Å². The minimum atomic E-state index is -0.272. The van der Waals surface area contributed by atoms with Crippen molar-refractivity contribution in [2.75, 3.05) is 0 Å². The molecule has 2 N–H and O–H groups in total. The minimum absolute atomic E-state index is 0.149. The summed E-state index contributed by atoms with van der Waals surface area (Å²) in [4.78, 5) is 0. The zero-order valence-corrected chi connectivity index (χ0v) is 12.5. The second-order valence-corrected chi connectivity index (χ2v) is 5.80. The third kappa shape index (κ3) is 2.58. The molecule has 1 atom stereocenters. The van der Waals surface area contributed by atoms with Crippen molar-refractivity contribution in [3.63, 3.8) is 0 Å². The molecule has 1 unspecified atom stereocenters. The average Bonchev–Trinajstić information content (AvgIpc) is 2.82. The van der Waals surface area contributed by atoms with Crippen molar-refractivity contribution in [1.82, 2.24) is 0 Å². The summed E-state index contributed by atoms with van der Waals surface area (Å²) in [6.45, 7) is 0.336. The van der Waals surface area contributed by atoms with Crippen LogP contribution in [0.25, 0.3) is 0 Å². The van der Waals surface area contributed by atoms with Gasteiger partial charge in [0.05, 0.1) is 4.47 Å². The van der Waals surface area contributed by atoms with Crippen LogP contribution in [0.3, 0.4) is 0 Å². The highest BCUT2D eigenvalue weighted by molar-refractivity contribution is 9.10. The highest BCUT2D eigenvalue weighted by Crippen LogP contribution is 2.32. The van der Waals surface area contributed by atoms with E-state index in [1.165, 1.54) is 17.2 Å². The van der Waals surface area contributed by atoms with E-state index in [1.807, 2.05) is 24.3 Å². The minimum Gasteiger partial charge on any atom is -0.489 e. The van der Waals surface area contributed by atoms with Crippen molar-refractivity contribution in [2.45, 2.75) is 25.5 Å². The van der Waals surface area contributed by atoms with Crippen LogP contribution in [0.15, 0.2) is 40.9 Å². The normalized spacial score (nSPS) is 17.1. The maximum Gasteiger partial charge on any atom is 0.137 e. The SMILES string of the molecule is NC1CCc2cc(OCc3cccc(F)c3Br)ccc21. The van der Waals surface area contributed by atoms with Gasteiger partial charge in [-0.3, -0.25) is 0 Å². The Kier molecular flexibility index (Phi) is 3.76. The molecule has 2 aromatic rings. The van der Waals surface area contributed by atoms with E-state index in [2.05, 4.69) is 15.9 Å². The van der Waals surface area contributed by atoms with Gasteiger partial charge in [-0.15, -0.1) is 0 Å². The number of halogens is 2. The van der Waals surface area contributed by atoms with E-state index < -0.39 is 0 Å². The van der Waals surface area contributed by atoms with Crippen LogP contribution in [0, 0.1) is 5.82 Å². The molecule has 0 saturated carbocycles. The lowest BCUT2D eigenvalue weighted by molar-refractivity contribution is 0.304. The predicted octanol–water partition coefficient (Wildman–Crippen LogP) is 4.11. The van der Waals surface area contributed by atoms with Gasteiger partial charge in [0.1, 0.15) is 18.2 Å². The predicted molar refractivity (Wildman–Crippen MR) is 80.1 cm³/mol. The van der Waals surface area contributed by atoms with Gasteiger partial charge in [-0.25, -0.2) is 4.39 Å². The van der Waals surface area contributed by atoms with E-state index in [1.54, 1.807) is 6.07 Å². The van der Waals surface area contributed by atoms with E-state index in [0.717, 1.165) is 24.2 Å². The molecule has 0 saturated heterocycles. The van der Waals surface area contributed by atoms with Crippen molar-refractivity contribution in [3.05, 3.63) is 63.4 Å². The molecule has 3 rings (SSSR count). The van der Waals surface area contributed by atoms with Gasteiger partial charge in [-0.05, 0) is 58.1 Å². The molecule has 1 aliphatic carbocycles. The summed E-state index contributed by atoms with van der Waals surface area (Å²) in [5.74, 6) is 0.528. The number of aryl methyl sites for hydroxylation is 1. The van der Waals surface area contributed by atoms with E-state index in [4.69, 9.17) is 10.5 Å². The first-order valence-electron chi connectivity index (χ1n) is 6.59. The van der Waals surface area contributed by atoms with Gasteiger partial charge in [-0.1, -0.05) is 18.2 Å². The molecule has 0 amide bonds. The molecule has 0 heterocycles. The van der Waals surface area contributed by atoms with E-state index in [-0.39, 0.29) is 11.9 Å². The number of nitrogens with two attached hydrogens (primary N) is 1. The third-order valence-corrected chi connectivity index (χ3v) is 4.55. The highest BCUT2D eigenvalue weighted by atomic mass is 79.9. The van der Waals surface area contributed by atoms with Gasteiger partial charge >= 0.3 is 0 Å². The molecular formula is C16H15BrFNO. The quantitative estimate of drug-likeness (QED) is 0.915. The van der Waals surface area contributed by atoms with Gasteiger partial charge < -0.3 is 10.5 Å². The van der Waals surface area contributed by atoms with Crippen molar-refractivity contribution < 1.29 is 9.13 Å². The first-order chi connectivity index (χ1) is 9.65. The van der Waals surface area contributed by atoms with Crippen molar-refractivity contribution in [1.29, 1.82) is 0 Å². The zero-order valence-electron chi connectivity index (χ0n) is 10.9. The molecule has 0 aromatic heterocycles. The first kappa shape index (κ1) is 13.6. The second-order valence-electron chi connectivity index (χ2n) is 5.01. The summed E-state index contributed by atoms with van der Waals surface area (Å²) >= 11 is 3.24. The molecule has 0 aliphatic heterocycles. The van der Waals surface area contributed by atoms with Gasteiger partial charge in [0.15, 0.2) is 0 Å². The van der Waals surface area contributed by atoms with Crippen LogP contribution in [-0.2, 0) is 13.0 Å². The standard InChI is InChI=1S/C16H15BrFNO/c17-16-11(2-1-3-14(16)18)9-20-12-5-6-13-10(8-12)4-7-15(13)19/h1-3,5-6,8,15H,4,7,9,19H2. The van der Waals surface area contributed by atoms with Crippen molar-refractivity contribution >= 4 is 15.9 Å². The fourth-order valence-electron chi connectivity index (χ4n) is 2.54. The molecule has 2 aromatic carbocycles. The smallest absolute Gasteiger partial charge is 0.137 e. The lowest BCUT2D eigenvalue weighted by atomic mass is 10.1. The van der Waals surface area contributed by atoms with Gasteiger partial charge in [0.2, 0.25) is 0 Å². The summed E-state index contributed by atoms with van der Waals surface area (Å²) in [5.41, 5.74) is 9.27. The van der Waals surface area contributed by atoms with Crippen molar-refractivity contribution in [3.8, 4) is 5.75 Å². The molecule has 2 nitrogen and oxygen atoms in total. The fraction of sp³-hybridized carbons (Fsp3) is 0.250. The molecule has 0 fully saturated rings. The number of ether oxygens (including phenoxy) is 1. The number of benzene rings is 2. The lowest BCUT2D eigenvalue weighted by Gasteiger charge is -2.10. The summed E-state index contributed by atoms with van der Waals surface area (Å²) in [6.07, 6.45) is 1.99. The maximum absolute atomic E-state index is 13.4. The summed E-state index contributed by atoms with van der Waals surface area (Å²) in [7, 11) is 0. The first-order valence-corrected chi connectivity index (χ1v) is 7.38. The number of hydrogen-bond acceptors (Lipinski definition) is 2. The Labute approximate surface area is 125 Å². The third-order valence-electron chi connectivity index (χ3n) is 3.66. The molecule has 0 radical (unpaired) electrons. The molecule has 1 aliphatic rings. The topological polar surface area (TPSA) is 35.2 Å². The Morgan fingerprint density at radius 1 is 1.30 bits per heavy atom. The van der Waals surface area contributed by atoms with Crippen LogP contribution in [0.4, 0.5) is 4.39 Å². The molecule has 104 valence electrons. The van der Waals surface area contributed by atoms with Crippen LogP contribution in [0.5, 0.6) is 5.75 Å². The summed E-state index contributed by atoms with van der Waals surface area (Å²) in [5, 5.41) is 0. The van der Waals surface area contributed by atoms with Gasteiger partial charge in [0, 0.05) is 11.6 Å². The monoisotopic (exact) mass is 335 g/mol. The van der Waals surface area contributed by atoms with Gasteiger partial charge in [0.25, 0.3) is 0 Å². The molecule has 4 heteroatoms. The van der Waals surface area contributed by atoms with E-state index in [0.29, 0.717) is 11.1 Å². The molecule has 0 bridgehead atoms. The van der Waals surface area contributed by atoms with E-state index >= 15 is 0 Å². The average molecular weight is 336 g/mol. The summed E-state index contributed by atoms with van der Waals surface area (Å²) < 4.78 is 19.6. The van der Waals surface area contributed by atoms with Crippen LogP contribution in [0.1, 0.15) is 29.2 Å². The number of hydrogen-bond donors (Lipinski definition) is 1. The van der Waals surface area contributed by atoms with E-state index in [9.17, 15) is 4.39 Å². The Morgan fingerprint density at radius 3 is 3.00 bits per heavy atom. The second kappa shape index (κ2) is 5.54. The fourth-order valence-corrected chi connectivity index (χ4v) is 2.92. The summed E-state index contributed by atoms with van der Waals surface area (Å²) in [6, 6.07) is 11.1. The number of fused-ring (bicyclic) bond motifs is 1. The molecular weight excluding hydrogens is 321 g/mol. The van der Waals surface area contributed by atoms with Crippen LogP contribution >= 0.6 is 15.9 Å². The van der Waals surface area contributed by atoms with Crippen LogP contribution in [0.2, 0.25) is 0 Å². The number of rotatable bonds is 3. The zero-order chi connectivity index (χ0) is 14.1. The molecule has 20 heavy (non-hydrogen) atoms. The van der Waals surface area contributed by atoms with Gasteiger partial charge in [-0.2, -0.15) is 0 Å². The van der Waals surface area contributed by atoms with Crippen molar-refractivity contribution in [2.24, 2.45) is 5.73 Å². The lowest BCUT2D eigenvalue weighted by Crippen LogP contribution is -2.05. The maximum atomic E-state index is 13.4. The Morgan fingerprint density at radius 2 is 2.15 bits per heavy atom. The Balaban J connectivity index is 1.74. The molecule has 0 spiro atoms. The highest BCUT2D eigenvalue weighted by Gasteiger charge is 2.19. The Hall–Kier alpha value is -1.39. The van der Waals surface area contributed by atoms with Crippen LogP contribution < -0.4 is 10.5 Å².